The van der Waals surface area contributed by atoms with Crippen molar-refractivity contribution in [1.82, 2.24) is 10.2 Å². The van der Waals surface area contributed by atoms with Crippen LogP contribution in [-0.4, -0.2) is 29.9 Å². The van der Waals surface area contributed by atoms with Crippen molar-refractivity contribution in [3.63, 3.8) is 0 Å². The third-order valence-corrected chi connectivity index (χ3v) is 4.32. The van der Waals surface area contributed by atoms with E-state index in [-0.39, 0.29) is 30.1 Å². The van der Waals surface area contributed by atoms with Crippen LogP contribution < -0.4 is 5.32 Å². The van der Waals surface area contributed by atoms with Gasteiger partial charge in [-0.2, -0.15) is 13.2 Å². The maximum atomic E-state index is 13.2. The SMILES string of the molecule is C[C@@H]1NCCN2C(=O)c3c(cc(Br)cc3C(F)(F)F)[C@H]12.Cl. The van der Waals surface area contributed by atoms with Gasteiger partial charge in [-0.1, -0.05) is 15.9 Å². The van der Waals surface area contributed by atoms with E-state index in [1.165, 1.54) is 4.90 Å². The van der Waals surface area contributed by atoms with Gasteiger partial charge in [0.1, 0.15) is 0 Å². The fourth-order valence-electron chi connectivity index (χ4n) is 3.07. The predicted molar refractivity (Wildman–Crippen MR) is 77.6 cm³/mol. The highest BCUT2D eigenvalue weighted by molar-refractivity contribution is 9.10. The first kappa shape index (κ1) is 16.6. The average molecular weight is 386 g/mol. The van der Waals surface area contributed by atoms with Crippen LogP contribution in [0.25, 0.3) is 0 Å². The van der Waals surface area contributed by atoms with Crippen molar-refractivity contribution in [2.24, 2.45) is 0 Å². The zero-order chi connectivity index (χ0) is 14.7. The molecule has 3 nitrogen and oxygen atoms in total. The van der Waals surface area contributed by atoms with E-state index in [1.807, 2.05) is 6.92 Å². The molecule has 0 aliphatic carbocycles. The molecule has 21 heavy (non-hydrogen) atoms. The largest absolute Gasteiger partial charge is 0.417 e. The van der Waals surface area contributed by atoms with Crippen LogP contribution in [0.5, 0.6) is 0 Å². The first-order valence-corrected chi connectivity index (χ1v) is 7.05. The highest BCUT2D eigenvalue weighted by atomic mass is 79.9. The minimum Gasteiger partial charge on any atom is -0.329 e. The lowest BCUT2D eigenvalue weighted by Crippen LogP contribution is -2.50. The number of halogens is 5. The van der Waals surface area contributed by atoms with E-state index in [0.717, 1.165) is 6.07 Å². The van der Waals surface area contributed by atoms with Gasteiger partial charge in [-0.05, 0) is 24.6 Å². The summed E-state index contributed by atoms with van der Waals surface area (Å²) in [4.78, 5) is 13.9. The Morgan fingerprint density at radius 1 is 1.38 bits per heavy atom. The zero-order valence-electron chi connectivity index (χ0n) is 11.0. The summed E-state index contributed by atoms with van der Waals surface area (Å²) in [6, 6.07) is 2.21. The second-order valence-electron chi connectivity index (χ2n) is 5.10. The van der Waals surface area contributed by atoms with E-state index >= 15 is 0 Å². The lowest BCUT2D eigenvalue weighted by Gasteiger charge is -2.36. The van der Waals surface area contributed by atoms with Gasteiger partial charge >= 0.3 is 6.18 Å². The highest BCUT2D eigenvalue weighted by Crippen LogP contribution is 2.44. The molecule has 3 rings (SSSR count). The smallest absolute Gasteiger partial charge is 0.329 e. The molecule has 2 aliphatic rings. The third kappa shape index (κ3) is 2.55. The highest BCUT2D eigenvalue weighted by Gasteiger charge is 2.47. The first-order valence-electron chi connectivity index (χ1n) is 6.25. The van der Waals surface area contributed by atoms with E-state index in [9.17, 15) is 18.0 Å². The lowest BCUT2D eigenvalue weighted by atomic mass is 9.95. The monoisotopic (exact) mass is 384 g/mol. The zero-order valence-corrected chi connectivity index (χ0v) is 13.4. The minimum absolute atomic E-state index is 0. The normalized spacial score (nSPS) is 24.4. The van der Waals surface area contributed by atoms with Gasteiger partial charge < -0.3 is 10.2 Å². The standard InChI is InChI=1S/C13H12BrF3N2O.ClH/c1-6-11-8-4-7(14)5-9(13(15,16)17)10(8)12(20)19(11)3-2-18-6;/h4-6,11,18H,2-3H2,1H3;1H/t6-,11-;/m0./s1. The van der Waals surface area contributed by atoms with Crippen molar-refractivity contribution in [2.75, 3.05) is 13.1 Å². The summed E-state index contributed by atoms with van der Waals surface area (Å²) in [7, 11) is 0. The van der Waals surface area contributed by atoms with Crippen LogP contribution in [0.3, 0.4) is 0 Å². The molecule has 2 heterocycles. The molecule has 1 saturated heterocycles. The number of nitrogens with one attached hydrogen (secondary N) is 1. The predicted octanol–water partition coefficient (Wildman–Crippen LogP) is 3.38. The Hall–Kier alpha value is -0.790. The molecule has 0 radical (unpaired) electrons. The number of rotatable bonds is 0. The quantitative estimate of drug-likeness (QED) is 0.742. The Balaban J connectivity index is 0.00000161. The van der Waals surface area contributed by atoms with Gasteiger partial charge in [0.2, 0.25) is 0 Å². The van der Waals surface area contributed by atoms with Gasteiger partial charge in [-0.15, -0.1) is 12.4 Å². The number of fused-ring (bicyclic) bond motifs is 3. The summed E-state index contributed by atoms with van der Waals surface area (Å²) in [5.41, 5.74) is -0.592. The Bertz CT molecular complexity index is 594. The van der Waals surface area contributed by atoms with Crippen LogP contribution in [0.2, 0.25) is 0 Å². The first-order chi connectivity index (χ1) is 9.30. The van der Waals surface area contributed by atoms with Gasteiger partial charge in [0.05, 0.1) is 17.2 Å². The molecule has 116 valence electrons. The minimum atomic E-state index is -4.53. The fraction of sp³-hybridized carbons (Fsp3) is 0.462. The topological polar surface area (TPSA) is 32.3 Å². The summed E-state index contributed by atoms with van der Waals surface area (Å²) in [6.07, 6.45) is -4.53. The number of amides is 1. The summed E-state index contributed by atoms with van der Waals surface area (Å²) in [5.74, 6) is -0.516. The maximum absolute atomic E-state index is 13.2. The molecule has 0 saturated carbocycles. The van der Waals surface area contributed by atoms with Gasteiger partial charge in [-0.25, -0.2) is 0 Å². The summed E-state index contributed by atoms with van der Waals surface area (Å²) >= 11 is 3.11. The van der Waals surface area contributed by atoms with Gasteiger partial charge in [-0.3, -0.25) is 4.79 Å². The molecule has 1 fully saturated rings. The third-order valence-electron chi connectivity index (χ3n) is 3.86. The van der Waals surface area contributed by atoms with Crippen molar-refractivity contribution in [2.45, 2.75) is 25.2 Å². The average Bonchev–Trinajstić information content (AvgIpc) is 2.62. The number of nitrogens with zero attached hydrogens (tertiary/aromatic N) is 1. The number of carbonyl (C=O) groups is 1. The molecule has 1 aromatic rings. The summed E-state index contributed by atoms with van der Waals surface area (Å²) in [5, 5.41) is 3.20. The van der Waals surface area contributed by atoms with Crippen molar-refractivity contribution >= 4 is 34.2 Å². The van der Waals surface area contributed by atoms with Crippen LogP contribution in [0.15, 0.2) is 16.6 Å². The van der Waals surface area contributed by atoms with Crippen molar-refractivity contribution in [1.29, 1.82) is 0 Å². The van der Waals surface area contributed by atoms with Gasteiger partial charge in [0, 0.05) is 23.6 Å². The van der Waals surface area contributed by atoms with Crippen molar-refractivity contribution in [3.05, 3.63) is 33.3 Å². The summed E-state index contributed by atoms with van der Waals surface area (Å²) in [6.45, 7) is 2.91. The number of alkyl halides is 3. The van der Waals surface area contributed by atoms with Crippen LogP contribution >= 0.6 is 28.3 Å². The molecule has 0 unspecified atom stereocenters. The number of piperazine rings is 1. The van der Waals surface area contributed by atoms with Gasteiger partial charge in [0.15, 0.2) is 0 Å². The van der Waals surface area contributed by atoms with Gasteiger partial charge in [0.25, 0.3) is 5.91 Å². The van der Waals surface area contributed by atoms with E-state index < -0.39 is 17.6 Å². The molecular weight excluding hydrogens is 373 g/mol. The molecule has 1 N–H and O–H groups in total. The van der Waals surface area contributed by atoms with Crippen molar-refractivity contribution < 1.29 is 18.0 Å². The second-order valence-corrected chi connectivity index (χ2v) is 6.02. The lowest BCUT2D eigenvalue weighted by molar-refractivity contribution is -0.138. The maximum Gasteiger partial charge on any atom is 0.417 e. The number of carbonyl (C=O) groups excluding carboxylic acids is 1. The molecule has 2 aliphatic heterocycles. The number of hydrogen-bond acceptors (Lipinski definition) is 2. The van der Waals surface area contributed by atoms with Crippen LogP contribution in [0, 0.1) is 0 Å². The van der Waals surface area contributed by atoms with Crippen LogP contribution in [0.4, 0.5) is 13.2 Å². The number of benzene rings is 1. The Labute approximate surface area is 134 Å². The Morgan fingerprint density at radius 3 is 2.67 bits per heavy atom. The molecule has 1 amide bonds. The van der Waals surface area contributed by atoms with E-state index in [4.69, 9.17) is 0 Å². The molecular formula is C13H13BrClF3N2O. The Morgan fingerprint density at radius 2 is 2.05 bits per heavy atom. The molecule has 0 bridgehead atoms. The second kappa shape index (κ2) is 5.44. The van der Waals surface area contributed by atoms with E-state index in [1.54, 1.807) is 6.07 Å². The fourth-order valence-corrected chi connectivity index (χ4v) is 3.54. The molecule has 2 atom stereocenters. The molecule has 8 heteroatoms. The van der Waals surface area contributed by atoms with Crippen LogP contribution in [0.1, 0.15) is 34.5 Å². The molecule has 0 spiro atoms. The van der Waals surface area contributed by atoms with E-state index in [2.05, 4.69) is 21.2 Å². The summed E-state index contributed by atoms with van der Waals surface area (Å²) < 4.78 is 39.8. The van der Waals surface area contributed by atoms with Crippen molar-refractivity contribution in [3.8, 4) is 0 Å². The Kier molecular flexibility index (Phi) is 4.30. The molecule has 1 aromatic carbocycles. The van der Waals surface area contributed by atoms with Crippen LogP contribution in [-0.2, 0) is 6.18 Å². The number of hydrogen-bond donors (Lipinski definition) is 1. The molecule has 0 aromatic heterocycles. The van der Waals surface area contributed by atoms with E-state index in [0.29, 0.717) is 23.1 Å².